The molecule has 2 rings (SSSR count). The van der Waals surface area contributed by atoms with Crippen molar-refractivity contribution >= 4 is 17.2 Å². The topological polar surface area (TPSA) is 54.0 Å². The van der Waals surface area contributed by atoms with Gasteiger partial charge < -0.3 is 10.6 Å². The Bertz CT molecular complexity index is 299. The van der Waals surface area contributed by atoms with Crippen LogP contribution in [0, 0.1) is 0 Å². The Labute approximate surface area is 74.0 Å². The quantitative estimate of drug-likeness (QED) is 0.649. The van der Waals surface area contributed by atoms with Gasteiger partial charge in [0, 0.05) is 25.0 Å². The molecule has 0 spiro atoms. The normalized spacial score (nSPS) is 14.4. The number of thiazole rings is 1. The number of carbonyl (C=O) groups excluding carboxylic acids is 1. The fourth-order valence-corrected chi connectivity index (χ4v) is 2.15. The van der Waals surface area contributed by atoms with E-state index in [9.17, 15) is 4.79 Å². The number of carbonyl (C=O) groups is 1. The van der Waals surface area contributed by atoms with Crippen LogP contribution in [0.3, 0.4) is 0 Å². The van der Waals surface area contributed by atoms with Gasteiger partial charge in [-0.05, 0) is 0 Å². The molecule has 0 fully saturated rings. The maximum absolute atomic E-state index is 11.1. The van der Waals surface area contributed by atoms with Gasteiger partial charge in [-0.3, -0.25) is 4.79 Å². The summed E-state index contributed by atoms with van der Waals surface area (Å²) >= 11 is 1.47. The molecule has 1 amide bonds. The third-order valence-corrected chi connectivity index (χ3v) is 2.87. The minimum Gasteiger partial charge on any atom is -0.353 e. The van der Waals surface area contributed by atoms with E-state index in [1.807, 2.05) is 0 Å². The molecule has 2 N–H and O–H groups in total. The smallest absolute Gasteiger partial charge is 0.280 e. The highest BCUT2D eigenvalue weighted by Gasteiger charge is 2.18. The molecule has 0 saturated carbocycles. The summed E-state index contributed by atoms with van der Waals surface area (Å²) in [5, 5.41) is 6.30. The van der Waals surface area contributed by atoms with Crippen LogP contribution in [0.4, 0.5) is 0 Å². The predicted octanol–water partition coefficient (Wildman–Crippen LogP) is 0.106. The third-order valence-electron chi connectivity index (χ3n) is 1.78. The standard InChI is InChI=1S/C7H9N3OS/c1-8-6(11)7-10-4-2-9-3-5(4)12-7/h9H,2-3H2,1H3,(H,8,11). The molecule has 1 aromatic heterocycles. The Morgan fingerprint density at radius 1 is 1.67 bits per heavy atom. The van der Waals surface area contributed by atoms with E-state index in [0.717, 1.165) is 18.8 Å². The average molecular weight is 183 g/mol. The van der Waals surface area contributed by atoms with Crippen LogP contribution in [-0.4, -0.2) is 17.9 Å². The van der Waals surface area contributed by atoms with Gasteiger partial charge in [0.1, 0.15) is 0 Å². The largest absolute Gasteiger partial charge is 0.353 e. The Balaban J connectivity index is 2.31. The minimum atomic E-state index is -0.0885. The highest BCUT2D eigenvalue weighted by Crippen LogP contribution is 2.22. The second-order valence-electron chi connectivity index (χ2n) is 2.57. The molecular weight excluding hydrogens is 174 g/mol. The van der Waals surface area contributed by atoms with Gasteiger partial charge in [-0.1, -0.05) is 0 Å². The molecule has 12 heavy (non-hydrogen) atoms. The summed E-state index contributed by atoms with van der Waals surface area (Å²) in [6, 6.07) is 0. The van der Waals surface area contributed by atoms with Gasteiger partial charge in [0.2, 0.25) is 0 Å². The zero-order valence-electron chi connectivity index (χ0n) is 6.68. The molecule has 0 radical (unpaired) electrons. The predicted molar refractivity (Wildman–Crippen MR) is 46.0 cm³/mol. The van der Waals surface area contributed by atoms with E-state index >= 15 is 0 Å². The lowest BCUT2D eigenvalue weighted by Gasteiger charge is -1.92. The molecule has 5 heteroatoms. The van der Waals surface area contributed by atoms with Crippen molar-refractivity contribution in [2.45, 2.75) is 13.1 Å². The Morgan fingerprint density at radius 2 is 2.50 bits per heavy atom. The summed E-state index contributed by atoms with van der Waals surface area (Å²) in [7, 11) is 1.62. The first kappa shape index (κ1) is 7.70. The van der Waals surface area contributed by atoms with Crippen LogP contribution in [0.25, 0.3) is 0 Å². The SMILES string of the molecule is CNC(=O)c1nc2c(s1)CNC2. The fourth-order valence-electron chi connectivity index (χ4n) is 1.16. The maximum Gasteiger partial charge on any atom is 0.280 e. The van der Waals surface area contributed by atoms with Crippen molar-refractivity contribution in [3.05, 3.63) is 15.6 Å². The van der Waals surface area contributed by atoms with Crippen molar-refractivity contribution in [3.8, 4) is 0 Å². The Kier molecular flexibility index (Phi) is 1.82. The first-order chi connectivity index (χ1) is 5.81. The van der Waals surface area contributed by atoms with E-state index in [0.29, 0.717) is 5.01 Å². The highest BCUT2D eigenvalue weighted by molar-refractivity contribution is 7.13. The maximum atomic E-state index is 11.1. The molecule has 64 valence electrons. The lowest BCUT2D eigenvalue weighted by Crippen LogP contribution is -2.17. The second-order valence-corrected chi connectivity index (χ2v) is 3.66. The van der Waals surface area contributed by atoms with Crippen LogP contribution in [0.1, 0.15) is 20.4 Å². The van der Waals surface area contributed by atoms with E-state index in [-0.39, 0.29) is 5.91 Å². The molecule has 0 aromatic carbocycles. The van der Waals surface area contributed by atoms with Crippen LogP contribution in [0.2, 0.25) is 0 Å². The fraction of sp³-hybridized carbons (Fsp3) is 0.429. The van der Waals surface area contributed by atoms with Gasteiger partial charge in [0.25, 0.3) is 5.91 Å². The highest BCUT2D eigenvalue weighted by atomic mass is 32.1. The third kappa shape index (κ3) is 1.11. The van der Waals surface area contributed by atoms with Gasteiger partial charge in [-0.25, -0.2) is 4.98 Å². The summed E-state index contributed by atoms with van der Waals surface area (Å²) in [5.41, 5.74) is 1.03. The average Bonchev–Trinajstić information content (AvgIpc) is 2.60. The number of fused-ring (bicyclic) bond motifs is 1. The van der Waals surface area contributed by atoms with E-state index in [1.54, 1.807) is 7.05 Å². The first-order valence-electron chi connectivity index (χ1n) is 3.72. The number of hydrogen-bond donors (Lipinski definition) is 2. The van der Waals surface area contributed by atoms with Gasteiger partial charge in [0.05, 0.1) is 5.69 Å². The molecule has 4 nitrogen and oxygen atoms in total. The van der Waals surface area contributed by atoms with Gasteiger partial charge >= 0.3 is 0 Å². The molecule has 0 saturated heterocycles. The summed E-state index contributed by atoms with van der Waals surface area (Å²) in [6.45, 7) is 1.65. The summed E-state index contributed by atoms with van der Waals surface area (Å²) in [4.78, 5) is 16.5. The number of amides is 1. The summed E-state index contributed by atoms with van der Waals surface area (Å²) in [5.74, 6) is -0.0885. The van der Waals surface area contributed by atoms with E-state index < -0.39 is 0 Å². The molecule has 0 unspecified atom stereocenters. The number of hydrogen-bond acceptors (Lipinski definition) is 4. The van der Waals surface area contributed by atoms with Crippen molar-refractivity contribution in [1.29, 1.82) is 0 Å². The van der Waals surface area contributed by atoms with Crippen molar-refractivity contribution in [2.24, 2.45) is 0 Å². The molecule has 1 aliphatic rings. The number of rotatable bonds is 1. The van der Waals surface area contributed by atoms with Gasteiger partial charge in [-0.2, -0.15) is 0 Å². The molecular formula is C7H9N3OS. The van der Waals surface area contributed by atoms with Crippen LogP contribution in [0.15, 0.2) is 0 Å². The molecule has 1 aliphatic heterocycles. The van der Waals surface area contributed by atoms with Crippen molar-refractivity contribution in [3.63, 3.8) is 0 Å². The van der Waals surface area contributed by atoms with Crippen LogP contribution in [-0.2, 0) is 13.1 Å². The monoisotopic (exact) mass is 183 g/mol. The zero-order chi connectivity index (χ0) is 8.55. The van der Waals surface area contributed by atoms with Crippen LogP contribution in [0.5, 0.6) is 0 Å². The van der Waals surface area contributed by atoms with Crippen molar-refractivity contribution in [1.82, 2.24) is 15.6 Å². The lowest BCUT2D eigenvalue weighted by molar-refractivity contribution is 0.0962. The lowest BCUT2D eigenvalue weighted by atomic mass is 10.4. The van der Waals surface area contributed by atoms with Crippen LogP contribution < -0.4 is 10.6 Å². The molecule has 0 atom stereocenters. The van der Waals surface area contributed by atoms with E-state index in [4.69, 9.17) is 0 Å². The van der Waals surface area contributed by atoms with Crippen molar-refractivity contribution < 1.29 is 4.79 Å². The summed E-state index contributed by atoms with van der Waals surface area (Å²) < 4.78 is 0. The minimum absolute atomic E-state index is 0.0885. The first-order valence-corrected chi connectivity index (χ1v) is 4.54. The van der Waals surface area contributed by atoms with E-state index in [2.05, 4.69) is 15.6 Å². The Morgan fingerprint density at radius 3 is 3.17 bits per heavy atom. The number of nitrogens with zero attached hydrogens (tertiary/aromatic N) is 1. The molecule has 2 heterocycles. The zero-order valence-corrected chi connectivity index (χ0v) is 7.49. The van der Waals surface area contributed by atoms with E-state index in [1.165, 1.54) is 16.2 Å². The van der Waals surface area contributed by atoms with Gasteiger partial charge in [-0.15, -0.1) is 11.3 Å². The Hall–Kier alpha value is -0.940. The van der Waals surface area contributed by atoms with Gasteiger partial charge in [0.15, 0.2) is 5.01 Å². The number of aromatic nitrogens is 1. The van der Waals surface area contributed by atoms with Crippen molar-refractivity contribution in [2.75, 3.05) is 7.05 Å². The number of nitrogens with one attached hydrogen (secondary N) is 2. The molecule has 1 aromatic rings. The van der Waals surface area contributed by atoms with Crippen LogP contribution >= 0.6 is 11.3 Å². The summed E-state index contributed by atoms with van der Waals surface area (Å²) in [6.07, 6.45) is 0. The molecule has 0 bridgehead atoms. The molecule has 0 aliphatic carbocycles. The second kappa shape index (κ2) is 2.84.